The fraction of sp³-hybridized carbons (Fsp3) is 0.538. The number of aromatic nitrogens is 2. The van der Waals surface area contributed by atoms with E-state index in [1.165, 1.54) is 0 Å². The van der Waals surface area contributed by atoms with Gasteiger partial charge in [-0.15, -0.1) is 11.3 Å². The first-order valence-corrected chi connectivity index (χ1v) is 7.53. The summed E-state index contributed by atoms with van der Waals surface area (Å²) in [5.41, 5.74) is 2.18. The standard InChI is InChI=1S/C13H18N4OS/c1-10-11(17-6-7-19-13(17)15-10)8-14-9-12(18)16-4-2-3-5-16/h6-7,14H,2-5,8-9H2,1H3. The maximum atomic E-state index is 11.9. The van der Waals surface area contributed by atoms with Gasteiger partial charge < -0.3 is 10.2 Å². The van der Waals surface area contributed by atoms with Crippen LogP contribution in [0.4, 0.5) is 0 Å². The molecule has 19 heavy (non-hydrogen) atoms. The number of carbonyl (C=O) groups is 1. The number of rotatable bonds is 4. The molecule has 2 aromatic rings. The van der Waals surface area contributed by atoms with Gasteiger partial charge in [0.2, 0.25) is 5.91 Å². The van der Waals surface area contributed by atoms with Crippen molar-refractivity contribution in [2.75, 3.05) is 19.6 Å². The smallest absolute Gasteiger partial charge is 0.236 e. The van der Waals surface area contributed by atoms with Gasteiger partial charge in [0.05, 0.1) is 17.9 Å². The molecule has 3 rings (SSSR count). The molecule has 0 saturated carbocycles. The first-order valence-electron chi connectivity index (χ1n) is 6.65. The van der Waals surface area contributed by atoms with E-state index in [0.717, 1.165) is 42.3 Å². The van der Waals surface area contributed by atoms with Gasteiger partial charge in [0.15, 0.2) is 4.96 Å². The summed E-state index contributed by atoms with van der Waals surface area (Å²) in [6, 6.07) is 0. The highest BCUT2D eigenvalue weighted by Crippen LogP contribution is 2.16. The zero-order valence-electron chi connectivity index (χ0n) is 11.1. The number of carbonyl (C=O) groups excluding carboxylic acids is 1. The summed E-state index contributed by atoms with van der Waals surface area (Å²) in [5, 5.41) is 5.27. The molecule has 102 valence electrons. The van der Waals surface area contributed by atoms with Crippen molar-refractivity contribution in [1.29, 1.82) is 0 Å². The number of thiazole rings is 1. The van der Waals surface area contributed by atoms with Gasteiger partial charge >= 0.3 is 0 Å². The zero-order valence-corrected chi connectivity index (χ0v) is 11.9. The second-order valence-electron chi connectivity index (χ2n) is 4.89. The summed E-state index contributed by atoms with van der Waals surface area (Å²) < 4.78 is 2.09. The molecule has 0 aromatic carbocycles. The Labute approximate surface area is 116 Å². The average Bonchev–Trinajstić information content (AvgIpc) is 3.08. The van der Waals surface area contributed by atoms with Crippen molar-refractivity contribution in [1.82, 2.24) is 19.6 Å². The van der Waals surface area contributed by atoms with Gasteiger partial charge in [-0.05, 0) is 19.8 Å². The Bertz CT molecular complexity index is 582. The van der Waals surface area contributed by atoms with E-state index in [4.69, 9.17) is 0 Å². The van der Waals surface area contributed by atoms with E-state index in [0.29, 0.717) is 13.1 Å². The van der Waals surface area contributed by atoms with Crippen molar-refractivity contribution in [3.05, 3.63) is 23.0 Å². The summed E-state index contributed by atoms with van der Waals surface area (Å²) in [4.78, 5) is 19.4. The third-order valence-electron chi connectivity index (χ3n) is 3.59. The van der Waals surface area contributed by atoms with Crippen molar-refractivity contribution in [2.24, 2.45) is 0 Å². The molecule has 1 aliphatic rings. The number of aryl methyl sites for hydroxylation is 1. The van der Waals surface area contributed by atoms with Crippen molar-refractivity contribution in [3.63, 3.8) is 0 Å². The molecule has 1 N–H and O–H groups in total. The van der Waals surface area contributed by atoms with E-state index in [-0.39, 0.29) is 5.91 Å². The molecule has 1 fully saturated rings. The number of nitrogens with zero attached hydrogens (tertiary/aromatic N) is 3. The van der Waals surface area contributed by atoms with Crippen LogP contribution in [0.1, 0.15) is 24.2 Å². The highest BCUT2D eigenvalue weighted by molar-refractivity contribution is 7.15. The molecule has 1 saturated heterocycles. The number of nitrogens with one attached hydrogen (secondary N) is 1. The van der Waals surface area contributed by atoms with Gasteiger partial charge in [-0.3, -0.25) is 9.20 Å². The van der Waals surface area contributed by atoms with E-state index in [1.807, 2.05) is 23.4 Å². The van der Waals surface area contributed by atoms with E-state index < -0.39 is 0 Å². The minimum Gasteiger partial charge on any atom is -0.342 e. The lowest BCUT2D eigenvalue weighted by molar-refractivity contribution is -0.129. The maximum absolute atomic E-state index is 11.9. The molecule has 5 nitrogen and oxygen atoms in total. The Balaban J connectivity index is 1.58. The van der Waals surface area contributed by atoms with Crippen LogP contribution in [-0.2, 0) is 11.3 Å². The minimum atomic E-state index is 0.209. The fourth-order valence-electron chi connectivity index (χ4n) is 2.52. The molecule has 1 amide bonds. The summed E-state index contributed by atoms with van der Waals surface area (Å²) in [7, 11) is 0. The molecular formula is C13H18N4OS. The van der Waals surface area contributed by atoms with Crippen LogP contribution in [0.5, 0.6) is 0 Å². The SMILES string of the molecule is Cc1nc2sccn2c1CNCC(=O)N1CCCC1. The molecule has 0 spiro atoms. The predicted octanol–water partition coefficient (Wildman–Crippen LogP) is 1.42. The number of imidazole rings is 1. The van der Waals surface area contributed by atoms with Crippen LogP contribution in [0.25, 0.3) is 4.96 Å². The molecular weight excluding hydrogens is 260 g/mol. The highest BCUT2D eigenvalue weighted by Gasteiger charge is 2.17. The van der Waals surface area contributed by atoms with Gasteiger partial charge in [-0.1, -0.05) is 0 Å². The molecule has 0 atom stereocenters. The van der Waals surface area contributed by atoms with Crippen LogP contribution >= 0.6 is 11.3 Å². The van der Waals surface area contributed by atoms with Crippen LogP contribution in [0.15, 0.2) is 11.6 Å². The number of fused-ring (bicyclic) bond motifs is 1. The molecule has 0 unspecified atom stereocenters. The van der Waals surface area contributed by atoms with Gasteiger partial charge in [0, 0.05) is 31.2 Å². The monoisotopic (exact) mass is 278 g/mol. The van der Waals surface area contributed by atoms with Crippen LogP contribution in [-0.4, -0.2) is 39.8 Å². The number of amides is 1. The number of likely N-dealkylation sites (tertiary alicyclic amines) is 1. The number of hydrogen-bond acceptors (Lipinski definition) is 4. The lowest BCUT2D eigenvalue weighted by Crippen LogP contribution is -2.36. The quantitative estimate of drug-likeness (QED) is 0.920. The van der Waals surface area contributed by atoms with Crippen LogP contribution in [0.3, 0.4) is 0 Å². The van der Waals surface area contributed by atoms with Gasteiger partial charge in [-0.2, -0.15) is 0 Å². The largest absolute Gasteiger partial charge is 0.342 e. The minimum absolute atomic E-state index is 0.209. The number of hydrogen-bond donors (Lipinski definition) is 1. The van der Waals surface area contributed by atoms with Gasteiger partial charge in [0.1, 0.15) is 0 Å². The molecule has 2 aromatic heterocycles. The van der Waals surface area contributed by atoms with Gasteiger partial charge in [0.25, 0.3) is 0 Å². The summed E-state index contributed by atoms with van der Waals surface area (Å²) in [5.74, 6) is 0.209. The maximum Gasteiger partial charge on any atom is 0.236 e. The van der Waals surface area contributed by atoms with Gasteiger partial charge in [-0.25, -0.2) is 4.98 Å². The van der Waals surface area contributed by atoms with E-state index in [1.54, 1.807) is 11.3 Å². The fourth-order valence-corrected chi connectivity index (χ4v) is 3.30. The van der Waals surface area contributed by atoms with Crippen molar-refractivity contribution in [2.45, 2.75) is 26.3 Å². The van der Waals surface area contributed by atoms with E-state index in [2.05, 4.69) is 14.7 Å². The predicted molar refractivity (Wildman–Crippen MR) is 75.3 cm³/mol. The van der Waals surface area contributed by atoms with Crippen molar-refractivity contribution < 1.29 is 4.79 Å². The first kappa shape index (κ1) is 12.6. The van der Waals surface area contributed by atoms with Crippen LogP contribution in [0.2, 0.25) is 0 Å². The molecule has 3 heterocycles. The molecule has 1 aliphatic heterocycles. The molecule has 0 radical (unpaired) electrons. The Hall–Kier alpha value is -1.40. The van der Waals surface area contributed by atoms with E-state index >= 15 is 0 Å². The Morgan fingerprint density at radius 1 is 1.47 bits per heavy atom. The lowest BCUT2D eigenvalue weighted by atomic mass is 10.3. The Morgan fingerprint density at radius 3 is 3.05 bits per heavy atom. The van der Waals surface area contributed by atoms with Crippen LogP contribution in [0, 0.1) is 6.92 Å². The third-order valence-corrected chi connectivity index (χ3v) is 4.35. The summed E-state index contributed by atoms with van der Waals surface area (Å²) in [6.45, 7) is 4.95. The Morgan fingerprint density at radius 2 is 2.26 bits per heavy atom. The Kier molecular flexibility index (Phi) is 3.52. The normalized spacial score (nSPS) is 15.5. The second-order valence-corrected chi connectivity index (χ2v) is 5.76. The van der Waals surface area contributed by atoms with Crippen LogP contribution < -0.4 is 5.32 Å². The second kappa shape index (κ2) is 5.30. The topological polar surface area (TPSA) is 49.6 Å². The lowest BCUT2D eigenvalue weighted by Gasteiger charge is -2.15. The highest BCUT2D eigenvalue weighted by atomic mass is 32.1. The van der Waals surface area contributed by atoms with Crippen molar-refractivity contribution in [3.8, 4) is 0 Å². The molecule has 0 bridgehead atoms. The third kappa shape index (κ3) is 2.50. The van der Waals surface area contributed by atoms with Crippen molar-refractivity contribution >= 4 is 22.2 Å². The first-order chi connectivity index (χ1) is 9.25. The zero-order chi connectivity index (χ0) is 13.2. The molecule has 0 aliphatic carbocycles. The summed E-state index contributed by atoms with van der Waals surface area (Å²) in [6.07, 6.45) is 4.31. The summed E-state index contributed by atoms with van der Waals surface area (Å²) >= 11 is 1.63. The molecule has 6 heteroatoms. The van der Waals surface area contributed by atoms with E-state index in [9.17, 15) is 4.79 Å². The average molecular weight is 278 g/mol.